The molecule has 0 unspecified atom stereocenters. The summed E-state index contributed by atoms with van der Waals surface area (Å²) < 4.78 is 4.18. The van der Waals surface area contributed by atoms with Gasteiger partial charge in [-0.3, -0.25) is 0 Å². The van der Waals surface area contributed by atoms with Crippen LogP contribution >= 0.6 is 0 Å². The smallest absolute Gasteiger partial charge is 0.404 e. The van der Waals surface area contributed by atoms with E-state index in [1.54, 1.807) is 6.92 Å². The minimum absolute atomic E-state index is 0.356. The lowest BCUT2D eigenvalue weighted by Crippen LogP contribution is -2.11. The second-order valence-corrected chi connectivity index (χ2v) is 0.935. The Morgan fingerprint density at radius 2 is 2.33 bits per heavy atom. The van der Waals surface area contributed by atoms with Crippen LogP contribution in [0.4, 0.5) is 4.79 Å². The SMILES string of the molecule is C=CO.CCOC(N)=O. The van der Waals surface area contributed by atoms with Crippen molar-refractivity contribution in [3.05, 3.63) is 12.8 Å². The molecular weight excluding hydrogens is 122 g/mol. The topological polar surface area (TPSA) is 72.6 Å². The summed E-state index contributed by atoms with van der Waals surface area (Å²) in [6.45, 7) is 4.97. The molecule has 0 radical (unpaired) electrons. The Bertz CT molecular complexity index is 82.3. The summed E-state index contributed by atoms with van der Waals surface area (Å²) in [5, 5.41) is 7.33. The number of carbonyl (C=O) groups excluding carboxylic acids is 1. The van der Waals surface area contributed by atoms with Gasteiger partial charge in [0.25, 0.3) is 0 Å². The fourth-order valence-electron chi connectivity index (χ4n) is 0.142. The van der Waals surface area contributed by atoms with E-state index in [0.29, 0.717) is 6.61 Å². The van der Waals surface area contributed by atoms with Gasteiger partial charge in [-0.2, -0.15) is 0 Å². The average molecular weight is 133 g/mol. The van der Waals surface area contributed by atoms with Gasteiger partial charge in [0.15, 0.2) is 0 Å². The molecule has 9 heavy (non-hydrogen) atoms. The van der Waals surface area contributed by atoms with Crippen molar-refractivity contribution in [2.75, 3.05) is 6.61 Å². The van der Waals surface area contributed by atoms with Gasteiger partial charge in [0.2, 0.25) is 0 Å². The zero-order valence-electron chi connectivity index (χ0n) is 5.33. The summed E-state index contributed by atoms with van der Waals surface area (Å²) >= 11 is 0. The number of rotatable bonds is 1. The molecule has 0 bridgehead atoms. The van der Waals surface area contributed by atoms with Crippen molar-refractivity contribution < 1.29 is 14.6 Å². The number of aliphatic hydroxyl groups is 1. The van der Waals surface area contributed by atoms with Crippen LogP contribution in [0.3, 0.4) is 0 Å². The number of hydrogen-bond acceptors (Lipinski definition) is 3. The quantitative estimate of drug-likeness (QED) is 0.519. The summed E-state index contributed by atoms with van der Waals surface area (Å²) in [6, 6.07) is 0. The van der Waals surface area contributed by atoms with E-state index in [4.69, 9.17) is 5.11 Å². The lowest BCUT2D eigenvalue weighted by Gasteiger charge is -1.89. The summed E-state index contributed by atoms with van der Waals surface area (Å²) in [4.78, 5) is 9.60. The maximum atomic E-state index is 9.60. The molecule has 0 saturated carbocycles. The van der Waals surface area contributed by atoms with Crippen LogP contribution in [0, 0.1) is 0 Å². The van der Waals surface area contributed by atoms with Crippen LogP contribution < -0.4 is 5.73 Å². The van der Waals surface area contributed by atoms with Crippen LogP contribution in [0.1, 0.15) is 6.92 Å². The van der Waals surface area contributed by atoms with E-state index in [1.807, 2.05) is 0 Å². The lowest BCUT2D eigenvalue weighted by atomic mass is 10.9. The second kappa shape index (κ2) is 9.94. The molecule has 0 aromatic heterocycles. The highest BCUT2D eigenvalue weighted by Gasteiger charge is 1.82. The molecule has 0 aliphatic carbocycles. The highest BCUT2D eigenvalue weighted by atomic mass is 16.5. The fourth-order valence-corrected chi connectivity index (χ4v) is 0.142. The Balaban J connectivity index is 0. The van der Waals surface area contributed by atoms with Gasteiger partial charge >= 0.3 is 6.09 Å². The number of ether oxygens (including phenoxy) is 1. The standard InChI is InChI=1S/C3H7NO2.C2H4O/c1-2-6-3(4)5;1-2-3/h2H2,1H3,(H2,4,5);2-3H,1H2. The molecule has 0 fully saturated rings. The molecule has 0 atom stereocenters. The number of aliphatic hydroxyl groups excluding tert-OH is 1. The third-order valence-electron chi connectivity index (χ3n) is 0.287. The third-order valence-corrected chi connectivity index (χ3v) is 0.287. The van der Waals surface area contributed by atoms with Crippen LogP contribution in [0.25, 0.3) is 0 Å². The van der Waals surface area contributed by atoms with E-state index in [1.165, 1.54) is 0 Å². The van der Waals surface area contributed by atoms with Crippen molar-refractivity contribution in [3.63, 3.8) is 0 Å². The van der Waals surface area contributed by atoms with Crippen LogP contribution in [-0.2, 0) is 4.74 Å². The minimum atomic E-state index is -0.711. The molecule has 0 aliphatic heterocycles. The highest BCUT2D eigenvalue weighted by Crippen LogP contribution is 1.66. The number of amides is 1. The van der Waals surface area contributed by atoms with E-state index in [-0.39, 0.29) is 0 Å². The molecule has 3 N–H and O–H groups in total. The first-order valence-corrected chi connectivity index (χ1v) is 2.36. The highest BCUT2D eigenvalue weighted by molar-refractivity contribution is 5.64. The van der Waals surface area contributed by atoms with Crippen molar-refractivity contribution >= 4 is 6.09 Å². The van der Waals surface area contributed by atoms with E-state index in [0.717, 1.165) is 6.26 Å². The van der Waals surface area contributed by atoms with Crippen molar-refractivity contribution in [3.8, 4) is 0 Å². The predicted octanol–water partition coefficient (Wildman–Crippen LogP) is 0.790. The van der Waals surface area contributed by atoms with Crippen LogP contribution in [-0.4, -0.2) is 17.8 Å². The van der Waals surface area contributed by atoms with E-state index >= 15 is 0 Å². The largest absolute Gasteiger partial charge is 0.516 e. The summed E-state index contributed by atoms with van der Waals surface area (Å²) in [6.07, 6.45) is 0.0394. The number of primary amides is 1. The van der Waals surface area contributed by atoms with E-state index < -0.39 is 6.09 Å². The fraction of sp³-hybridized carbons (Fsp3) is 0.400. The van der Waals surface area contributed by atoms with Crippen molar-refractivity contribution in [1.29, 1.82) is 0 Å². The molecule has 0 aromatic carbocycles. The van der Waals surface area contributed by atoms with Crippen LogP contribution in [0.5, 0.6) is 0 Å². The van der Waals surface area contributed by atoms with Crippen molar-refractivity contribution in [2.45, 2.75) is 6.92 Å². The summed E-state index contributed by atoms with van der Waals surface area (Å²) in [5.41, 5.74) is 4.54. The predicted molar refractivity (Wildman–Crippen MR) is 34.0 cm³/mol. The summed E-state index contributed by atoms with van der Waals surface area (Å²) in [5.74, 6) is 0. The third kappa shape index (κ3) is 48.1. The zero-order chi connectivity index (χ0) is 7.70. The average Bonchev–Trinajstić information content (AvgIpc) is 1.67. The summed E-state index contributed by atoms with van der Waals surface area (Å²) in [7, 11) is 0. The maximum Gasteiger partial charge on any atom is 0.404 e. The van der Waals surface area contributed by atoms with E-state index in [2.05, 4.69) is 17.0 Å². The molecule has 1 amide bonds. The molecule has 54 valence electrons. The minimum Gasteiger partial charge on any atom is -0.516 e. The number of hydrogen-bond donors (Lipinski definition) is 2. The first-order chi connectivity index (χ1) is 4.18. The molecule has 4 heteroatoms. The van der Waals surface area contributed by atoms with Crippen molar-refractivity contribution in [1.82, 2.24) is 0 Å². The van der Waals surface area contributed by atoms with E-state index in [9.17, 15) is 4.79 Å². The molecule has 4 nitrogen and oxygen atoms in total. The Kier molecular flexibility index (Phi) is 11.8. The number of nitrogens with two attached hydrogens (primary N) is 1. The Morgan fingerprint density at radius 1 is 2.00 bits per heavy atom. The van der Waals surface area contributed by atoms with Gasteiger partial charge in [0, 0.05) is 0 Å². The van der Waals surface area contributed by atoms with Gasteiger partial charge in [-0.15, -0.1) is 0 Å². The zero-order valence-corrected chi connectivity index (χ0v) is 5.33. The molecule has 0 aromatic rings. The Morgan fingerprint density at radius 3 is 2.33 bits per heavy atom. The van der Waals surface area contributed by atoms with Gasteiger partial charge in [0.05, 0.1) is 12.9 Å². The van der Waals surface area contributed by atoms with Gasteiger partial charge in [0.1, 0.15) is 0 Å². The Hall–Kier alpha value is -1.19. The normalized spacial score (nSPS) is 6.33. The first-order valence-electron chi connectivity index (χ1n) is 2.36. The van der Waals surface area contributed by atoms with Crippen LogP contribution in [0.15, 0.2) is 12.8 Å². The lowest BCUT2D eigenvalue weighted by molar-refractivity contribution is 0.163. The number of carbonyl (C=O) groups is 1. The first kappa shape index (κ1) is 10.7. The molecule has 0 rings (SSSR count). The van der Waals surface area contributed by atoms with Gasteiger partial charge in [-0.1, -0.05) is 6.58 Å². The molecule has 0 spiro atoms. The van der Waals surface area contributed by atoms with Gasteiger partial charge in [-0.05, 0) is 6.92 Å². The maximum absolute atomic E-state index is 9.60. The van der Waals surface area contributed by atoms with Crippen molar-refractivity contribution in [2.24, 2.45) is 5.73 Å². The van der Waals surface area contributed by atoms with Gasteiger partial charge in [-0.25, -0.2) is 4.79 Å². The van der Waals surface area contributed by atoms with Gasteiger partial charge < -0.3 is 15.6 Å². The van der Waals surface area contributed by atoms with Crippen LogP contribution in [0.2, 0.25) is 0 Å². The molecule has 0 aliphatic rings. The second-order valence-electron chi connectivity index (χ2n) is 0.935. The molecule has 0 saturated heterocycles. The molecule has 0 heterocycles. The molecular formula is C5H11NO3. The monoisotopic (exact) mass is 133 g/mol. The Labute approximate surface area is 53.9 Å².